The van der Waals surface area contributed by atoms with Crippen LogP contribution in [0.25, 0.3) is 0 Å². The number of carboxylic acids is 1. The van der Waals surface area contributed by atoms with Gasteiger partial charge in [0.05, 0.1) is 12.2 Å². The molecule has 0 saturated heterocycles. The lowest BCUT2D eigenvalue weighted by molar-refractivity contribution is 0.0215. The number of aromatic carboxylic acids is 1. The summed E-state index contributed by atoms with van der Waals surface area (Å²) in [5.41, 5.74) is -0.0204. The first-order chi connectivity index (χ1) is 15.5. The van der Waals surface area contributed by atoms with Crippen LogP contribution in [0.4, 0.5) is 0 Å². The largest absolute Gasteiger partial charge is 0.477 e. The van der Waals surface area contributed by atoms with E-state index in [2.05, 4.69) is 23.6 Å². The van der Waals surface area contributed by atoms with Crippen molar-refractivity contribution in [2.24, 2.45) is 17.8 Å². The van der Waals surface area contributed by atoms with Gasteiger partial charge in [-0.15, -0.1) is 22.7 Å². The molecule has 2 aliphatic rings. The molecule has 2 aromatic heterocycles. The number of aryl methyl sites for hydroxylation is 1. The van der Waals surface area contributed by atoms with Crippen LogP contribution in [0.15, 0.2) is 29.6 Å². The molecule has 0 bridgehead atoms. The first-order valence-electron chi connectivity index (χ1n) is 12.0. The number of aliphatic hydroxyl groups excluding tert-OH is 1. The van der Waals surface area contributed by atoms with Crippen molar-refractivity contribution in [2.45, 2.75) is 82.1 Å². The van der Waals surface area contributed by atoms with Crippen LogP contribution < -0.4 is 0 Å². The quantitative estimate of drug-likeness (QED) is 0.384. The lowest BCUT2D eigenvalue weighted by Gasteiger charge is -2.45. The molecule has 0 spiro atoms. The summed E-state index contributed by atoms with van der Waals surface area (Å²) in [4.78, 5) is 14.0. The molecule has 2 heterocycles. The number of carboxylic acid groups (broad SMARTS) is 1. The Labute approximate surface area is 198 Å². The molecule has 0 amide bonds. The summed E-state index contributed by atoms with van der Waals surface area (Å²) in [7, 11) is 0. The van der Waals surface area contributed by atoms with Gasteiger partial charge in [0.15, 0.2) is 0 Å². The second-order valence-electron chi connectivity index (χ2n) is 9.63. The van der Waals surface area contributed by atoms with Crippen LogP contribution in [-0.2, 0) is 11.8 Å². The van der Waals surface area contributed by atoms with E-state index in [0.717, 1.165) is 69.1 Å². The van der Waals surface area contributed by atoms with Gasteiger partial charge >= 0.3 is 5.97 Å². The first-order valence-corrected chi connectivity index (χ1v) is 13.7. The lowest BCUT2D eigenvalue weighted by atomic mass is 9.63. The van der Waals surface area contributed by atoms with Crippen molar-refractivity contribution in [3.05, 3.63) is 44.3 Å². The van der Waals surface area contributed by atoms with E-state index in [0.29, 0.717) is 16.7 Å². The highest BCUT2D eigenvalue weighted by Gasteiger charge is 2.45. The summed E-state index contributed by atoms with van der Waals surface area (Å²) in [5, 5.41) is 31.9. The van der Waals surface area contributed by atoms with Crippen LogP contribution in [0.2, 0.25) is 0 Å². The monoisotopic (exact) mass is 471 g/mol. The van der Waals surface area contributed by atoms with Gasteiger partial charge in [-0.25, -0.2) is 4.79 Å². The van der Waals surface area contributed by atoms with Crippen LogP contribution in [0.5, 0.6) is 0 Å². The minimum atomic E-state index is -0.848. The number of carbonyl (C=O) groups is 1. The molecule has 2 aromatic rings. The van der Waals surface area contributed by atoms with E-state index in [-0.39, 0.29) is 17.4 Å². The van der Waals surface area contributed by atoms with E-state index in [9.17, 15) is 15.2 Å². The van der Waals surface area contributed by atoms with Crippen LogP contribution in [0, 0.1) is 29.1 Å². The molecular weight excluding hydrogens is 438 g/mol. The average Bonchev–Trinajstić information content (AvgIpc) is 3.49. The summed E-state index contributed by atoms with van der Waals surface area (Å²) in [6, 6.07) is 10.5. The van der Waals surface area contributed by atoms with Crippen molar-refractivity contribution in [3.8, 4) is 6.07 Å². The third-order valence-corrected chi connectivity index (χ3v) is 10.1. The minimum Gasteiger partial charge on any atom is -0.477 e. The Kier molecular flexibility index (Phi) is 7.70. The van der Waals surface area contributed by atoms with Crippen molar-refractivity contribution < 1.29 is 15.0 Å². The number of hydrogen-bond donors (Lipinski definition) is 2. The molecule has 172 valence electrons. The Morgan fingerprint density at radius 2 is 2.06 bits per heavy atom. The summed E-state index contributed by atoms with van der Waals surface area (Å²) >= 11 is 3.15. The normalized spacial score (nSPS) is 25.2. The predicted molar refractivity (Wildman–Crippen MR) is 129 cm³/mol. The number of thiophene rings is 2. The van der Waals surface area contributed by atoms with Crippen LogP contribution >= 0.6 is 22.7 Å². The van der Waals surface area contributed by atoms with E-state index < -0.39 is 5.97 Å². The molecule has 2 N–H and O–H groups in total. The molecule has 4 atom stereocenters. The Morgan fingerprint density at radius 3 is 2.69 bits per heavy atom. The Morgan fingerprint density at radius 1 is 1.22 bits per heavy atom. The van der Waals surface area contributed by atoms with Crippen LogP contribution in [0.3, 0.4) is 0 Å². The lowest BCUT2D eigenvalue weighted by Crippen LogP contribution is -2.45. The molecule has 4 rings (SSSR count). The minimum absolute atomic E-state index is 0.0204. The number of aliphatic hydroxyl groups is 1. The Balaban J connectivity index is 1.27. The topological polar surface area (TPSA) is 81.3 Å². The predicted octanol–water partition coefficient (Wildman–Crippen LogP) is 6.65. The summed E-state index contributed by atoms with van der Waals surface area (Å²) < 4.78 is 0. The second-order valence-corrected chi connectivity index (χ2v) is 11.7. The van der Waals surface area contributed by atoms with E-state index in [1.54, 1.807) is 17.4 Å². The molecule has 2 saturated carbocycles. The molecule has 4 nitrogen and oxygen atoms in total. The van der Waals surface area contributed by atoms with E-state index in [1.807, 2.05) is 6.07 Å². The molecule has 2 fully saturated rings. The fraction of sp³-hybridized carbons (Fsp3) is 0.615. The van der Waals surface area contributed by atoms with Gasteiger partial charge in [0.25, 0.3) is 0 Å². The summed E-state index contributed by atoms with van der Waals surface area (Å²) in [5.74, 6) is 0.307. The molecule has 1 unspecified atom stereocenters. The van der Waals surface area contributed by atoms with Gasteiger partial charge in [0, 0.05) is 21.1 Å². The van der Waals surface area contributed by atoms with Crippen molar-refractivity contribution in [1.29, 1.82) is 5.26 Å². The van der Waals surface area contributed by atoms with Crippen molar-refractivity contribution in [1.82, 2.24) is 0 Å². The highest BCUT2D eigenvalue weighted by molar-refractivity contribution is 7.13. The van der Waals surface area contributed by atoms with E-state index >= 15 is 0 Å². The average molecular weight is 472 g/mol. The fourth-order valence-electron chi connectivity index (χ4n) is 5.96. The van der Waals surface area contributed by atoms with Gasteiger partial charge < -0.3 is 10.2 Å². The smallest absolute Gasteiger partial charge is 0.345 e. The summed E-state index contributed by atoms with van der Waals surface area (Å²) in [6.07, 6.45) is 11.1. The zero-order chi connectivity index (χ0) is 22.6. The van der Waals surface area contributed by atoms with Crippen LogP contribution in [-0.4, -0.2) is 22.3 Å². The van der Waals surface area contributed by atoms with Crippen molar-refractivity contribution >= 4 is 28.6 Å². The van der Waals surface area contributed by atoms with Crippen molar-refractivity contribution in [3.63, 3.8) is 0 Å². The van der Waals surface area contributed by atoms with Gasteiger partial charge in [0.1, 0.15) is 4.88 Å². The number of nitrogens with zero attached hydrogens (tertiary/aromatic N) is 1. The molecule has 32 heavy (non-hydrogen) atoms. The molecule has 0 aromatic carbocycles. The van der Waals surface area contributed by atoms with Gasteiger partial charge in [-0.05, 0) is 93.2 Å². The molecule has 0 radical (unpaired) electrons. The maximum atomic E-state index is 11.1. The molecule has 6 heteroatoms. The van der Waals surface area contributed by atoms with E-state index in [1.165, 1.54) is 22.6 Å². The third-order valence-electron chi connectivity index (χ3n) is 7.92. The van der Waals surface area contributed by atoms with E-state index in [4.69, 9.17) is 5.11 Å². The fourth-order valence-corrected chi connectivity index (χ4v) is 7.88. The van der Waals surface area contributed by atoms with Gasteiger partial charge in [-0.1, -0.05) is 18.9 Å². The first kappa shape index (κ1) is 23.5. The van der Waals surface area contributed by atoms with Gasteiger partial charge in [-0.3, -0.25) is 0 Å². The number of rotatable bonds is 11. The Hall–Kier alpha value is -1.68. The number of hydrogen-bond acceptors (Lipinski definition) is 5. The number of nitriles is 1. The maximum absolute atomic E-state index is 11.1. The SMILES string of the molecule is N#C[C@@H]1CC[C@H](CCCc2ccc(C(=O)O)s2)[C@H]1CCCC(O)C1(c2cccs2)CCC1. The third kappa shape index (κ3) is 4.95. The zero-order valence-electron chi connectivity index (χ0n) is 18.5. The molecule has 0 aliphatic heterocycles. The van der Waals surface area contributed by atoms with Crippen LogP contribution in [0.1, 0.15) is 83.6 Å². The van der Waals surface area contributed by atoms with Crippen molar-refractivity contribution in [2.75, 3.05) is 0 Å². The zero-order valence-corrected chi connectivity index (χ0v) is 20.2. The van der Waals surface area contributed by atoms with Gasteiger partial charge in [-0.2, -0.15) is 5.26 Å². The summed E-state index contributed by atoms with van der Waals surface area (Å²) in [6.45, 7) is 0. The molecule has 2 aliphatic carbocycles. The highest BCUT2D eigenvalue weighted by atomic mass is 32.1. The molecular formula is C26H33NO3S2. The second kappa shape index (κ2) is 10.5. The maximum Gasteiger partial charge on any atom is 0.345 e. The standard InChI is InChI=1S/C26H33NO3S2/c27-17-19-11-10-18(5-1-6-20-12-13-22(32-20)25(29)30)21(19)7-2-8-23(28)26(14-4-15-26)24-9-3-16-31-24/h3,9,12-13,16,18-19,21,23,28H,1-2,4-8,10-11,14-15H2,(H,29,30)/t18-,19-,21+,23?/m0/s1. The highest BCUT2D eigenvalue weighted by Crippen LogP contribution is 2.50. The Bertz CT molecular complexity index is 925. The van der Waals surface area contributed by atoms with Gasteiger partial charge in [0.2, 0.25) is 0 Å².